The van der Waals surface area contributed by atoms with Crippen molar-refractivity contribution in [2.75, 3.05) is 11.9 Å². The second kappa shape index (κ2) is 8.92. The van der Waals surface area contributed by atoms with E-state index in [4.69, 9.17) is 0 Å². The maximum absolute atomic E-state index is 12.3. The third-order valence-corrected chi connectivity index (χ3v) is 5.50. The Morgan fingerprint density at radius 3 is 2.67 bits per heavy atom. The SMILES string of the molecule is CCCCNS(=O)(=O)c1cccc(NC(=O)Cc2c(C)nc(=O)[nH]c2C)c1. The van der Waals surface area contributed by atoms with Gasteiger partial charge in [0, 0.05) is 29.2 Å². The Bertz CT molecular complexity index is 957. The highest BCUT2D eigenvalue weighted by atomic mass is 32.2. The fourth-order valence-electron chi connectivity index (χ4n) is 2.59. The molecule has 9 heteroatoms. The highest BCUT2D eigenvalue weighted by molar-refractivity contribution is 7.89. The molecule has 0 saturated carbocycles. The molecular weight excluding hydrogens is 368 g/mol. The second-order valence-corrected chi connectivity index (χ2v) is 8.00. The number of nitrogens with zero attached hydrogens (tertiary/aromatic N) is 1. The third kappa shape index (κ3) is 5.73. The number of carbonyl (C=O) groups excluding carboxylic acids is 1. The molecule has 0 atom stereocenters. The van der Waals surface area contributed by atoms with Gasteiger partial charge in [0.1, 0.15) is 0 Å². The van der Waals surface area contributed by atoms with E-state index in [0.717, 1.165) is 12.8 Å². The predicted molar refractivity (Wildman–Crippen MR) is 103 cm³/mol. The van der Waals surface area contributed by atoms with E-state index < -0.39 is 15.7 Å². The van der Waals surface area contributed by atoms with E-state index in [-0.39, 0.29) is 17.2 Å². The zero-order chi connectivity index (χ0) is 20.0. The summed E-state index contributed by atoms with van der Waals surface area (Å²) in [4.78, 5) is 30.1. The fourth-order valence-corrected chi connectivity index (χ4v) is 3.71. The van der Waals surface area contributed by atoms with Crippen molar-refractivity contribution >= 4 is 21.6 Å². The molecule has 8 nitrogen and oxygen atoms in total. The number of carbonyl (C=O) groups is 1. The Morgan fingerprint density at radius 1 is 1.26 bits per heavy atom. The van der Waals surface area contributed by atoms with Gasteiger partial charge < -0.3 is 10.3 Å². The lowest BCUT2D eigenvalue weighted by atomic mass is 10.1. The minimum atomic E-state index is -3.62. The number of rotatable bonds is 8. The topological polar surface area (TPSA) is 121 Å². The number of aromatic amines is 1. The van der Waals surface area contributed by atoms with Gasteiger partial charge in [-0.2, -0.15) is 4.98 Å². The summed E-state index contributed by atoms with van der Waals surface area (Å²) in [5.74, 6) is -0.330. The van der Waals surface area contributed by atoms with Gasteiger partial charge in [0.25, 0.3) is 0 Å². The van der Waals surface area contributed by atoms with Crippen molar-refractivity contribution in [3.8, 4) is 0 Å². The summed E-state index contributed by atoms with van der Waals surface area (Å²) in [6, 6.07) is 6.08. The Labute approximate surface area is 158 Å². The molecule has 146 valence electrons. The molecule has 2 aromatic rings. The number of nitrogens with one attached hydrogen (secondary N) is 3. The maximum Gasteiger partial charge on any atom is 0.345 e. The summed E-state index contributed by atoms with van der Waals surface area (Å²) in [6.07, 6.45) is 1.66. The maximum atomic E-state index is 12.3. The monoisotopic (exact) mass is 392 g/mol. The fraction of sp³-hybridized carbons (Fsp3) is 0.389. The second-order valence-electron chi connectivity index (χ2n) is 6.24. The van der Waals surface area contributed by atoms with Gasteiger partial charge in [-0.3, -0.25) is 4.79 Å². The van der Waals surface area contributed by atoms with Gasteiger partial charge in [-0.15, -0.1) is 0 Å². The number of sulfonamides is 1. The van der Waals surface area contributed by atoms with Crippen molar-refractivity contribution in [3.05, 3.63) is 51.7 Å². The van der Waals surface area contributed by atoms with Crippen LogP contribution in [0.25, 0.3) is 0 Å². The minimum Gasteiger partial charge on any atom is -0.326 e. The first-order valence-corrected chi connectivity index (χ1v) is 10.2. The molecule has 3 N–H and O–H groups in total. The van der Waals surface area contributed by atoms with Crippen molar-refractivity contribution < 1.29 is 13.2 Å². The predicted octanol–water partition coefficient (Wildman–Crippen LogP) is 1.65. The lowest BCUT2D eigenvalue weighted by molar-refractivity contribution is -0.115. The molecule has 0 aliphatic heterocycles. The number of anilines is 1. The van der Waals surface area contributed by atoms with Crippen LogP contribution in [-0.2, 0) is 21.2 Å². The summed E-state index contributed by atoms with van der Waals surface area (Å²) >= 11 is 0. The largest absolute Gasteiger partial charge is 0.345 e. The van der Waals surface area contributed by atoms with Crippen LogP contribution < -0.4 is 15.7 Å². The normalized spacial score (nSPS) is 11.4. The summed E-state index contributed by atoms with van der Waals surface area (Å²) in [5, 5.41) is 2.69. The van der Waals surface area contributed by atoms with Crippen molar-refractivity contribution in [1.29, 1.82) is 0 Å². The molecule has 0 bridgehead atoms. The number of H-pyrrole nitrogens is 1. The molecule has 1 amide bonds. The molecule has 0 aliphatic carbocycles. The summed E-state index contributed by atoms with van der Waals surface area (Å²) in [6.45, 7) is 5.72. The molecule has 0 saturated heterocycles. The van der Waals surface area contributed by atoms with Crippen molar-refractivity contribution in [2.45, 2.75) is 44.9 Å². The molecule has 1 aromatic carbocycles. The van der Waals surface area contributed by atoms with Crippen LogP contribution in [-0.4, -0.2) is 30.8 Å². The van der Waals surface area contributed by atoms with Crippen LogP contribution in [0.2, 0.25) is 0 Å². The highest BCUT2D eigenvalue weighted by Gasteiger charge is 2.15. The van der Waals surface area contributed by atoms with Crippen LogP contribution in [0.1, 0.15) is 36.7 Å². The van der Waals surface area contributed by atoms with Gasteiger partial charge >= 0.3 is 5.69 Å². The van der Waals surface area contributed by atoms with E-state index in [2.05, 4.69) is 20.0 Å². The van der Waals surface area contributed by atoms with Crippen LogP contribution in [0, 0.1) is 13.8 Å². The molecule has 1 heterocycles. The van der Waals surface area contributed by atoms with Crippen molar-refractivity contribution in [1.82, 2.24) is 14.7 Å². The summed E-state index contributed by atoms with van der Waals surface area (Å²) in [5.41, 5.74) is 1.63. The number of unbranched alkanes of at least 4 members (excludes halogenated alkanes) is 1. The third-order valence-electron chi connectivity index (χ3n) is 4.04. The average Bonchev–Trinajstić information content (AvgIpc) is 2.58. The number of amides is 1. The highest BCUT2D eigenvalue weighted by Crippen LogP contribution is 2.16. The standard InChI is InChI=1S/C18H24N4O4S/c1-4-5-9-19-27(25,26)15-8-6-7-14(10-15)22-17(23)11-16-12(2)20-18(24)21-13(16)3/h6-8,10,19H,4-5,9,11H2,1-3H3,(H,22,23)(H,20,21,24). The molecular formula is C18H24N4O4S. The molecule has 0 unspecified atom stereocenters. The van der Waals surface area contributed by atoms with Gasteiger partial charge in [-0.1, -0.05) is 19.4 Å². The van der Waals surface area contributed by atoms with Crippen LogP contribution in [0.15, 0.2) is 34.0 Å². The van der Waals surface area contributed by atoms with E-state index in [9.17, 15) is 18.0 Å². The van der Waals surface area contributed by atoms with Gasteiger partial charge in [0.2, 0.25) is 15.9 Å². The molecule has 1 aromatic heterocycles. The molecule has 2 rings (SSSR count). The molecule has 0 spiro atoms. The lowest BCUT2D eigenvalue weighted by Gasteiger charge is -2.11. The Morgan fingerprint density at radius 2 is 2.00 bits per heavy atom. The molecule has 0 fully saturated rings. The number of hydrogen-bond acceptors (Lipinski definition) is 5. The first-order chi connectivity index (χ1) is 12.7. The molecule has 0 aliphatic rings. The van der Waals surface area contributed by atoms with E-state index >= 15 is 0 Å². The first-order valence-electron chi connectivity index (χ1n) is 8.69. The Hall–Kier alpha value is -2.52. The van der Waals surface area contributed by atoms with Gasteiger partial charge in [0.15, 0.2) is 0 Å². The number of aromatic nitrogens is 2. The number of benzene rings is 1. The van der Waals surface area contributed by atoms with Gasteiger partial charge in [-0.05, 0) is 38.5 Å². The number of aryl methyl sites for hydroxylation is 2. The van der Waals surface area contributed by atoms with E-state index in [1.807, 2.05) is 6.92 Å². The van der Waals surface area contributed by atoms with Crippen LogP contribution >= 0.6 is 0 Å². The molecule has 27 heavy (non-hydrogen) atoms. The quantitative estimate of drug-likeness (QED) is 0.590. The molecule has 0 radical (unpaired) electrons. The zero-order valence-corrected chi connectivity index (χ0v) is 16.4. The number of hydrogen-bond donors (Lipinski definition) is 3. The van der Waals surface area contributed by atoms with E-state index in [0.29, 0.717) is 29.2 Å². The van der Waals surface area contributed by atoms with Gasteiger partial charge in [0.05, 0.1) is 11.3 Å². The van der Waals surface area contributed by atoms with E-state index in [1.54, 1.807) is 26.0 Å². The smallest absolute Gasteiger partial charge is 0.326 e. The summed E-state index contributed by atoms with van der Waals surface area (Å²) in [7, 11) is -3.62. The average molecular weight is 392 g/mol. The lowest BCUT2D eigenvalue weighted by Crippen LogP contribution is -2.25. The van der Waals surface area contributed by atoms with Crippen molar-refractivity contribution in [2.24, 2.45) is 0 Å². The first kappa shape index (κ1) is 20.8. The van der Waals surface area contributed by atoms with E-state index in [1.165, 1.54) is 12.1 Å². The van der Waals surface area contributed by atoms with Crippen LogP contribution in [0.4, 0.5) is 5.69 Å². The van der Waals surface area contributed by atoms with Crippen molar-refractivity contribution in [3.63, 3.8) is 0 Å². The van der Waals surface area contributed by atoms with Crippen LogP contribution in [0.3, 0.4) is 0 Å². The minimum absolute atomic E-state index is 0.0210. The Kier molecular flexibility index (Phi) is 6.86. The van der Waals surface area contributed by atoms with Crippen LogP contribution in [0.5, 0.6) is 0 Å². The van der Waals surface area contributed by atoms with Gasteiger partial charge in [-0.25, -0.2) is 17.9 Å². The Balaban J connectivity index is 2.12. The summed E-state index contributed by atoms with van der Waals surface area (Å²) < 4.78 is 27.1. The zero-order valence-electron chi connectivity index (χ0n) is 15.6.